The Morgan fingerprint density at radius 3 is 2.95 bits per heavy atom. The predicted molar refractivity (Wildman–Crippen MR) is 83.0 cm³/mol. The van der Waals surface area contributed by atoms with Crippen LogP contribution in [-0.2, 0) is 0 Å². The molecule has 0 saturated carbocycles. The molecule has 2 aromatic heterocycles. The third-order valence-electron chi connectivity index (χ3n) is 3.12. The summed E-state index contributed by atoms with van der Waals surface area (Å²) in [6.45, 7) is 0.101. The second-order valence-corrected chi connectivity index (χ2v) is 4.71. The fourth-order valence-corrected chi connectivity index (χ4v) is 2.08. The number of carbonyl (C=O) groups is 1. The van der Waals surface area contributed by atoms with E-state index in [0.717, 1.165) is 22.3 Å². The van der Waals surface area contributed by atoms with Gasteiger partial charge in [0.05, 0.1) is 18.3 Å². The van der Waals surface area contributed by atoms with Crippen LogP contribution >= 0.6 is 0 Å². The van der Waals surface area contributed by atoms with Gasteiger partial charge in [0.1, 0.15) is 5.69 Å². The number of H-pyrrole nitrogens is 1. The third-order valence-corrected chi connectivity index (χ3v) is 3.12. The number of anilines is 2. The first-order valence-electron chi connectivity index (χ1n) is 6.81. The molecule has 7 heteroatoms. The normalized spacial score (nSPS) is 10.6. The Morgan fingerprint density at radius 2 is 2.09 bits per heavy atom. The van der Waals surface area contributed by atoms with Crippen LogP contribution in [0.1, 0.15) is 10.5 Å². The van der Waals surface area contributed by atoms with E-state index >= 15 is 0 Å². The first kappa shape index (κ1) is 14.0. The number of benzene rings is 1. The summed E-state index contributed by atoms with van der Waals surface area (Å²) in [5, 5.41) is 22.4. The van der Waals surface area contributed by atoms with Gasteiger partial charge in [-0.2, -0.15) is 5.10 Å². The lowest BCUT2D eigenvalue weighted by atomic mass is 10.2. The molecule has 0 bridgehead atoms. The summed E-state index contributed by atoms with van der Waals surface area (Å²) in [6.07, 6.45) is 3.31. The maximum atomic E-state index is 11.8. The molecule has 0 unspecified atom stereocenters. The maximum absolute atomic E-state index is 11.8. The number of rotatable bonds is 5. The molecule has 0 aliphatic heterocycles. The van der Waals surface area contributed by atoms with E-state index in [1.54, 1.807) is 24.5 Å². The molecular weight excluding hydrogens is 282 g/mol. The zero-order valence-corrected chi connectivity index (χ0v) is 11.7. The number of aliphatic hydroxyl groups excluding tert-OH is 1. The molecule has 0 atom stereocenters. The number of aliphatic hydroxyl groups is 1. The van der Waals surface area contributed by atoms with E-state index in [1.165, 1.54) is 0 Å². The van der Waals surface area contributed by atoms with E-state index in [4.69, 9.17) is 5.11 Å². The molecule has 22 heavy (non-hydrogen) atoms. The molecule has 0 spiro atoms. The highest BCUT2D eigenvalue weighted by Crippen LogP contribution is 2.21. The van der Waals surface area contributed by atoms with Gasteiger partial charge in [-0.15, -0.1) is 0 Å². The van der Waals surface area contributed by atoms with Crippen LogP contribution in [0.4, 0.5) is 11.4 Å². The lowest BCUT2D eigenvalue weighted by Gasteiger charge is -2.08. The van der Waals surface area contributed by atoms with Crippen molar-refractivity contribution in [3.05, 3.63) is 48.4 Å². The molecule has 112 valence electrons. The smallest absolute Gasteiger partial charge is 0.270 e. The summed E-state index contributed by atoms with van der Waals surface area (Å²) >= 11 is 0. The molecule has 4 N–H and O–H groups in total. The van der Waals surface area contributed by atoms with Gasteiger partial charge in [0.25, 0.3) is 5.91 Å². The van der Waals surface area contributed by atoms with Gasteiger partial charge in [0, 0.05) is 29.5 Å². The van der Waals surface area contributed by atoms with Crippen molar-refractivity contribution >= 4 is 28.2 Å². The second kappa shape index (κ2) is 6.23. The minimum Gasteiger partial charge on any atom is -0.395 e. The number of hydrogen-bond acceptors (Lipinski definition) is 5. The van der Waals surface area contributed by atoms with Gasteiger partial charge in [0.15, 0.2) is 0 Å². The highest BCUT2D eigenvalue weighted by atomic mass is 16.3. The lowest BCUT2D eigenvalue weighted by Crippen LogP contribution is -2.27. The Labute approximate surface area is 126 Å². The van der Waals surface area contributed by atoms with E-state index in [2.05, 4.69) is 25.8 Å². The van der Waals surface area contributed by atoms with Gasteiger partial charge in [-0.25, -0.2) is 0 Å². The molecule has 0 fully saturated rings. The monoisotopic (exact) mass is 297 g/mol. The van der Waals surface area contributed by atoms with E-state index in [0.29, 0.717) is 5.69 Å². The minimum atomic E-state index is -0.317. The first-order chi connectivity index (χ1) is 10.8. The topological polar surface area (TPSA) is 103 Å². The number of carbonyl (C=O) groups excluding carboxylic acids is 1. The predicted octanol–water partition coefficient (Wildman–Crippen LogP) is 1.42. The Balaban J connectivity index is 1.78. The molecular formula is C15H15N5O2. The second-order valence-electron chi connectivity index (χ2n) is 4.71. The zero-order chi connectivity index (χ0) is 15.4. The highest BCUT2D eigenvalue weighted by Gasteiger charge is 2.07. The van der Waals surface area contributed by atoms with Crippen molar-refractivity contribution in [2.45, 2.75) is 0 Å². The Hall–Kier alpha value is -2.93. The van der Waals surface area contributed by atoms with Crippen LogP contribution in [-0.4, -0.2) is 39.3 Å². The molecule has 0 saturated heterocycles. The summed E-state index contributed by atoms with van der Waals surface area (Å²) in [7, 11) is 0. The summed E-state index contributed by atoms with van der Waals surface area (Å²) < 4.78 is 0. The number of amides is 1. The van der Waals surface area contributed by atoms with Crippen molar-refractivity contribution in [1.82, 2.24) is 20.5 Å². The standard InChI is InChI=1S/C15H15N5O2/c21-6-5-17-15(22)14-8-12(3-4-16-14)19-11-1-2-13-10(7-11)9-18-20-13/h1-4,7-9,21H,5-6H2,(H,16,19)(H,17,22)(H,18,20). The summed E-state index contributed by atoms with van der Waals surface area (Å²) in [4.78, 5) is 15.9. The number of nitrogens with zero attached hydrogens (tertiary/aromatic N) is 2. The average Bonchev–Trinajstić information content (AvgIpc) is 3.00. The van der Waals surface area contributed by atoms with Gasteiger partial charge in [-0.05, 0) is 30.3 Å². The van der Waals surface area contributed by atoms with Crippen LogP contribution in [0.15, 0.2) is 42.7 Å². The van der Waals surface area contributed by atoms with Gasteiger partial charge < -0.3 is 15.7 Å². The van der Waals surface area contributed by atoms with Crippen LogP contribution in [0, 0.1) is 0 Å². The highest BCUT2D eigenvalue weighted by molar-refractivity contribution is 5.93. The quantitative estimate of drug-likeness (QED) is 0.570. The number of fused-ring (bicyclic) bond motifs is 1. The summed E-state index contributed by atoms with van der Waals surface area (Å²) in [6, 6.07) is 9.26. The van der Waals surface area contributed by atoms with Crippen molar-refractivity contribution in [3.63, 3.8) is 0 Å². The van der Waals surface area contributed by atoms with Crippen molar-refractivity contribution < 1.29 is 9.90 Å². The summed E-state index contributed by atoms with van der Waals surface area (Å²) in [5.74, 6) is -0.317. The van der Waals surface area contributed by atoms with E-state index < -0.39 is 0 Å². The number of hydrogen-bond donors (Lipinski definition) is 4. The number of aromatic nitrogens is 3. The summed E-state index contributed by atoms with van der Waals surface area (Å²) in [5.41, 5.74) is 2.90. The molecule has 0 aliphatic rings. The molecule has 1 aromatic carbocycles. The molecule has 0 aliphatic carbocycles. The molecule has 3 rings (SSSR count). The molecule has 0 radical (unpaired) electrons. The molecule has 7 nitrogen and oxygen atoms in total. The van der Waals surface area contributed by atoms with Crippen molar-refractivity contribution in [2.75, 3.05) is 18.5 Å². The minimum absolute atomic E-state index is 0.103. The Morgan fingerprint density at radius 1 is 1.23 bits per heavy atom. The number of aromatic amines is 1. The van der Waals surface area contributed by atoms with Crippen molar-refractivity contribution in [1.29, 1.82) is 0 Å². The lowest BCUT2D eigenvalue weighted by molar-refractivity contribution is 0.0940. The van der Waals surface area contributed by atoms with E-state index in [9.17, 15) is 4.79 Å². The van der Waals surface area contributed by atoms with E-state index in [-0.39, 0.29) is 19.1 Å². The van der Waals surface area contributed by atoms with Gasteiger partial charge in [0.2, 0.25) is 0 Å². The van der Waals surface area contributed by atoms with Crippen LogP contribution in [0.2, 0.25) is 0 Å². The molecule has 1 amide bonds. The van der Waals surface area contributed by atoms with Crippen molar-refractivity contribution in [3.8, 4) is 0 Å². The van der Waals surface area contributed by atoms with Crippen LogP contribution in [0.25, 0.3) is 10.9 Å². The molecule has 3 aromatic rings. The third kappa shape index (κ3) is 3.04. The molecule has 2 heterocycles. The number of pyridine rings is 1. The van der Waals surface area contributed by atoms with E-state index in [1.807, 2.05) is 18.2 Å². The number of nitrogens with one attached hydrogen (secondary N) is 3. The zero-order valence-electron chi connectivity index (χ0n) is 11.7. The van der Waals surface area contributed by atoms with Gasteiger partial charge >= 0.3 is 0 Å². The largest absolute Gasteiger partial charge is 0.395 e. The maximum Gasteiger partial charge on any atom is 0.270 e. The fourth-order valence-electron chi connectivity index (χ4n) is 2.08. The fraction of sp³-hybridized carbons (Fsp3) is 0.133. The van der Waals surface area contributed by atoms with Gasteiger partial charge in [-0.1, -0.05) is 0 Å². The Bertz CT molecular complexity index is 799. The SMILES string of the molecule is O=C(NCCO)c1cc(Nc2ccc3[nH]ncc3c2)ccn1. The van der Waals surface area contributed by atoms with Crippen LogP contribution < -0.4 is 10.6 Å². The van der Waals surface area contributed by atoms with Crippen LogP contribution in [0.3, 0.4) is 0 Å². The average molecular weight is 297 g/mol. The Kier molecular flexibility index (Phi) is 3.97. The first-order valence-corrected chi connectivity index (χ1v) is 6.81. The van der Waals surface area contributed by atoms with Crippen molar-refractivity contribution in [2.24, 2.45) is 0 Å². The van der Waals surface area contributed by atoms with Gasteiger partial charge in [-0.3, -0.25) is 14.9 Å². The van der Waals surface area contributed by atoms with Crippen LogP contribution in [0.5, 0.6) is 0 Å².